The Hall–Kier alpha value is -1.39. The molecule has 102 valence electrons. The van der Waals surface area contributed by atoms with E-state index in [0.717, 1.165) is 37.9 Å². The third-order valence-corrected chi connectivity index (χ3v) is 4.16. The van der Waals surface area contributed by atoms with Crippen LogP contribution in [0.2, 0.25) is 0 Å². The highest BCUT2D eigenvalue weighted by Crippen LogP contribution is 2.27. The maximum atomic E-state index is 12.1. The molecule has 19 heavy (non-hydrogen) atoms. The topological polar surface area (TPSA) is 61.4 Å². The number of hydrogen-bond donors (Lipinski definition) is 3. The van der Waals surface area contributed by atoms with Gasteiger partial charge in [0.05, 0.1) is 12.1 Å². The first-order valence-corrected chi connectivity index (χ1v) is 7.02. The molecule has 0 saturated heterocycles. The first-order valence-electron chi connectivity index (χ1n) is 7.02. The summed E-state index contributed by atoms with van der Waals surface area (Å²) in [6, 6.07) is 7.86. The molecule has 1 fully saturated rings. The van der Waals surface area contributed by atoms with E-state index in [2.05, 4.69) is 16.7 Å². The Kier molecular flexibility index (Phi) is 3.53. The normalized spacial score (nSPS) is 29.9. The molecular weight excluding hydrogens is 240 g/mol. The number of rotatable bonds is 3. The van der Waals surface area contributed by atoms with Crippen LogP contribution in [0.4, 0.5) is 5.69 Å². The van der Waals surface area contributed by atoms with E-state index in [4.69, 9.17) is 0 Å². The fourth-order valence-corrected chi connectivity index (χ4v) is 2.88. The smallest absolute Gasteiger partial charge is 0.241 e. The zero-order chi connectivity index (χ0) is 13.2. The maximum absolute atomic E-state index is 12.1. The Labute approximate surface area is 113 Å². The van der Waals surface area contributed by atoms with E-state index in [-0.39, 0.29) is 18.1 Å². The molecule has 2 aliphatic rings. The molecule has 1 saturated carbocycles. The molecule has 1 heterocycles. The van der Waals surface area contributed by atoms with E-state index < -0.39 is 0 Å². The van der Waals surface area contributed by atoms with E-state index in [1.807, 2.05) is 18.2 Å². The second-order valence-electron chi connectivity index (χ2n) is 5.64. The molecule has 1 unspecified atom stereocenters. The molecule has 1 amide bonds. The number of nitrogens with one attached hydrogen (secondary N) is 2. The van der Waals surface area contributed by atoms with Gasteiger partial charge in [0, 0.05) is 5.69 Å². The monoisotopic (exact) mass is 260 g/mol. The van der Waals surface area contributed by atoms with Gasteiger partial charge in [-0.05, 0) is 49.8 Å². The Morgan fingerprint density at radius 2 is 2.11 bits per heavy atom. The Bertz CT molecular complexity index is 469. The number of aliphatic hydroxyl groups excluding tert-OH is 1. The van der Waals surface area contributed by atoms with Gasteiger partial charge in [0.2, 0.25) is 5.91 Å². The zero-order valence-electron chi connectivity index (χ0n) is 10.9. The van der Waals surface area contributed by atoms with Crippen LogP contribution in [0, 0.1) is 5.92 Å². The molecule has 4 heteroatoms. The van der Waals surface area contributed by atoms with E-state index >= 15 is 0 Å². The number of carbonyl (C=O) groups excluding carboxylic acids is 1. The third kappa shape index (κ3) is 2.80. The van der Waals surface area contributed by atoms with Crippen molar-refractivity contribution < 1.29 is 9.90 Å². The number of carbonyl (C=O) groups is 1. The summed E-state index contributed by atoms with van der Waals surface area (Å²) in [6.45, 7) is 0.825. The first-order chi connectivity index (χ1) is 9.22. The van der Waals surface area contributed by atoms with Crippen LogP contribution < -0.4 is 10.6 Å². The van der Waals surface area contributed by atoms with Crippen LogP contribution in [0.1, 0.15) is 24.8 Å². The van der Waals surface area contributed by atoms with Crippen molar-refractivity contribution in [2.75, 3.05) is 11.9 Å². The van der Waals surface area contributed by atoms with E-state index in [9.17, 15) is 9.90 Å². The van der Waals surface area contributed by atoms with Gasteiger partial charge >= 0.3 is 0 Å². The van der Waals surface area contributed by atoms with Crippen molar-refractivity contribution in [1.29, 1.82) is 0 Å². The van der Waals surface area contributed by atoms with Gasteiger partial charge in [0.1, 0.15) is 0 Å². The fraction of sp³-hybridized carbons (Fsp3) is 0.533. The van der Waals surface area contributed by atoms with Crippen molar-refractivity contribution in [2.24, 2.45) is 5.92 Å². The van der Waals surface area contributed by atoms with Crippen LogP contribution >= 0.6 is 0 Å². The molecule has 0 spiro atoms. The van der Waals surface area contributed by atoms with Gasteiger partial charge < -0.3 is 15.7 Å². The molecular formula is C15H20N2O2. The Morgan fingerprint density at radius 1 is 1.32 bits per heavy atom. The summed E-state index contributed by atoms with van der Waals surface area (Å²) in [5.74, 6) is 0.582. The lowest BCUT2D eigenvalue weighted by molar-refractivity contribution is -0.118. The van der Waals surface area contributed by atoms with Gasteiger partial charge in [-0.1, -0.05) is 18.2 Å². The number of para-hydroxylation sites is 1. The van der Waals surface area contributed by atoms with Crippen LogP contribution in [-0.2, 0) is 11.2 Å². The summed E-state index contributed by atoms with van der Waals surface area (Å²) in [7, 11) is 0. The molecule has 1 aromatic carbocycles. The van der Waals surface area contributed by atoms with E-state index in [1.54, 1.807) is 0 Å². The average Bonchev–Trinajstić information content (AvgIpc) is 2.52. The molecule has 0 bridgehead atoms. The molecule has 3 N–H and O–H groups in total. The highest BCUT2D eigenvalue weighted by atomic mass is 16.3. The number of amides is 1. The lowest BCUT2D eigenvalue weighted by Gasteiger charge is -2.32. The molecule has 0 aromatic heterocycles. The number of hydrogen-bond acceptors (Lipinski definition) is 3. The van der Waals surface area contributed by atoms with E-state index in [0.29, 0.717) is 5.92 Å². The lowest BCUT2D eigenvalue weighted by atomic mass is 9.82. The fourth-order valence-electron chi connectivity index (χ4n) is 2.88. The second-order valence-corrected chi connectivity index (χ2v) is 5.64. The summed E-state index contributed by atoms with van der Waals surface area (Å²) in [4.78, 5) is 12.1. The minimum atomic E-state index is -0.126. The molecule has 4 nitrogen and oxygen atoms in total. The molecule has 1 aliphatic heterocycles. The predicted molar refractivity (Wildman–Crippen MR) is 73.9 cm³/mol. The van der Waals surface area contributed by atoms with Crippen molar-refractivity contribution in [3.63, 3.8) is 0 Å². The molecule has 1 aromatic rings. The van der Waals surface area contributed by atoms with Gasteiger partial charge in [0.25, 0.3) is 0 Å². The predicted octanol–water partition coefficient (Wildman–Crippen LogP) is 1.30. The van der Waals surface area contributed by atoms with Gasteiger partial charge in [-0.15, -0.1) is 0 Å². The zero-order valence-corrected chi connectivity index (χ0v) is 10.9. The first kappa shape index (κ1) is 12.6. The van der Waals surface area contributed by atoms with E-state index in [1.165, 1.54) is 5.56 Å². The summed E-state index contributed by atoms with van der Waals surface area (Å²) >= 11 is 0. The molecule has 3 rings (SSSR count). The standard InChI is InChI=1S/C15H20N2O2/c18-12-7-10(8-12)9-16-14-6-5-11-3-1-2-4-13(11)17-15(14)19/h1-4,10,12,14,16,18H,5-9H2,(H,17,19). The second kappa shape index (κ2) is 5.31. The molecule has 1 aliphatic carbocycles. The minimum Gasteiger partial charge on any atom is -0.393 e. The van der Waals surface area contributed by atoms with Crippen LogP contribution in [0.15, 0.2) is 24.3 Å². The van der Waals surface area contributed by atoms with Gasteiger partial charge in [-0.2, -0.15) is 0 Å². The number of anilines is 1. The quantitative estimate of drug-likeness (QED) is 0.767. The van der Waals surface area contributed by atoms with Crippen molar-refractivity contribution in [2.45, 2.75) is 37.8 Å². The van der Waals surface area contributed by atoms with Crippen molar-refractivity contribution in [3.05, 3.63) is 29.8 Å². The van der Waals surface area contributed by atoms with Gasteiger partial charge in [-0.3, -0.25) is 4.79 Å². The maximum Gasteiger partial charge on any atom is 0.241 e. The van der Waals surface area contributed by atoms with Crippen LogP contribution in [0.25, 0.3) is 0 Å². The highest BCUT2D eigenvalue weighted by Gasteiger charge is 2.29. The molecule has 1 atom stereocenters. The average molecular weight is 260 g/mol. The van der Waals surface area contributed by atoms with Crippen molar-refractivity contribution in [1.82, 2.24) is 5.32 Å². The number of benzene rings is 1. The highest BCUT2D eigenvalue weighted by molar-refractivity contribution is 5.96. The van der Waals surface area contributed by atoms with Gasteiger partial charge in [0.15, 0.2) is 0 Å². The SMILES string of the molecule is O=C1Nc2ccccc2CCC1NCC1CC(O)C1. The summed E-state index contributed by atoms with van der Waals surface area (Å²) in [5.41, 5.74) is 2.15. The summed E-state index contributed by atoms with van der Waals surface area (Å²) in [5, 5.41) is 15.6. The lowest BCUT2D eigenvalue weighted by Crippen LogP contribution is -2.45. The third-order valence-electron chi connectivity index (χ3n) is 4.16. The van der Waals surface area contributed by atoms with Crippen molar-refractivity contribution >= 4 is 11.6 Å². The Balaban J connectivity index is 1.58. The van der Waals surface area contributed by atoms with Gasteiger partial charge in [-0.25, -0.2) is 0 Å². The van der Waals surface area contributed by atoms with Crippen LogP contribution in [0.5, 0.6) is 0 Å². The number of aliphatic hydroxyl groups is 1. The Morgan fingerprint density at radius 3 is 2.89 bits per heavy atom. The molecule has 0 radical (unpaired) electrons. The number of aryl methyl sites for hydroxylation is 1. The van der Waals surface area contributed by atoms with Crippen LogP contribution in [-0.4, -0.2) is 29.7 Å². The van der Waals surface area contributed by atoms with Crippen LogP contribution in [0.3, 0.4) is 0 Å². The van der Waals surface area contributed by atoms with Crippen molar-refractivity contribution in [3.8, 4) is 0 Å². The summed E-state index contributed by atoms with van der Waals surface area (Å²) in [6.07, 6.45) is 3.35. The largest absolute Gasteiger partial charge is 0.393 e. The number of fused-ring (bicyclic) bond motifs is 1. The minimum absolute atomic E-state index is 0.0600. The summed E-state index contributed by atoms with van der Waals surface area (Å²) < 4.78 is 0.